The molecule has 28 heavy (non-hydrogen) atoms. The fourth-order valence-electron chi connectivity index (χ4n) is 2.49. The van der Waals surface area contributed by atoms with Gasteiger partial charge in [0, 0.05) is 16.9 Å². The number of hydrogen-bond acceptors (Lipinski definition) is 5. The Morgan fingerprint density at radius 2 is 1.82 bits per heavy atom. The lowest BCUT2D eigenvalue weighted by atomic mass is 10.2. The number of rotatable bonds is 4. The Labute approximate surface area is 158 Å². The largest absolute Gasteiger partial charge is 0.501 e. The first-order chi connectivity index (χ1) is 13.3. The summed E-state index contributed by atoms with van der Waals surface area (Å²) in [6.45, 7) is 1.86. The predicted octanol–water partition coefficient (Wildman–Crippen LogP) is 2.79. The van der Waals surface area contributed by atoms with E-state index in [9.17, 15) is 19.5 Å². The highest BCUT2D eigenvalue weighted by Crippen LogP contribution is 2.21. The molecule has 0 spiro atoms. The number of aryl methyl sites for hydroxylation is 1. The van der Waals surface area contributed by atoms with E-state index in [0.29, 0.717) is 16.9 Å². The summed E-state index contributed by atoms with van der Waals surface area (Å²) in [7, 11) is 0. The van der Waals surface area contributed by atoms with E-state index >= 15 is 0 Å². The lowest BCUT2D eigenvalue weighted by Crippen LogP contribution is -2.20. The van der Waals surface area contributed by atoms with E-state index in [4.69, 9.17) is 5.11 Å². The zero-order valence-electron chi connectivity index (χ0n) is 14.7. The van der Waals surface area contributed by atoms with Crippen molar-refractivity contribution < 1.29 is 19.8 Å². The normalized spacial score (nSPS) is 10.3. The summed E-state index contributed by atoms with van der Waals surface area (Å²) >= 11 is 0. The van der Waals surface area contributed by atoms with Crippen molar-refractivity contribution in [2.75, 3.05) is 10.6 Å². The Morgan fingerprint density at radius 1 is 1.07 bits per heavy atom. The predicted molar refractivity (Wildman–Crippen MR) is 103 cm³/mol. The van der Waals surface area contributed by atoms with Gasteiger partial charge < -0.3 is 25.8 Å². The summed E-state index contributed by atoms with van der Waals surface area (Å²) in [4.78, 5) is 41.2. The van der Waals surface area contributed by atoms with Gasteiger partial charge in [0.1, 0.15) is 5.82 Å². The number of aromatic nitrogens is 2. The third-order valence-corrected chi connectivity index (χ3v) is 3.88. The van der Waals surface area contributed by atoms with Crippen molar-refractivity contribution in [2.45, 2.75) is 6.92 Å². The van der Waals surface area contributed by atoms with E-state index in [1.807, 2.05) is 19.1 Å². The molecule has 0 saturated heterocycles. The highest BCUT2D eigenvalue weighted by Gasteiger charge is 2.17. The van der Waals surface area contributed by atoms with Gasteiger partial charge in [-0.25, -0.2) is 14.6 Å². The van der Waals surface area contributed by atoms with E-state index in [-0.39, 0.29) is 5.82 Å². The number of anilines is 2. The van der Waals surface area contributed by atoms with Gasteiger partial charge >= 0.3 is 12.0 Å². The Balaban J connectivity index is 1.85. The van der Waals surface area contributed by atoms with E-state index in [1.54, 1.807) is 30.3 Å². The molecule has 0 bridgehead atoms. The molecule has 3 rings (SSSR count). The molecule has 0 aliphatic heterocycles. The molecule has 0 fully saturated rings. The van der Waals surface area contributed by atoms with Crippen LogP contribution in [-0.2, 0) is 0 Å². The Bertz CT molecular complexity index is 1120. The molecule has 3 aromatic rings. The molecule has 0 aliphatic rings. The van der Waals surface area contributed by atoms with Gasteiger partial charge in [0.15, 0.2) is 5.69 Å². The number of nitrogens with zero attached hydrogens (tertiary/aromatic N) is 1. The quantitative estimate of drug-likeness (QED) is 0.471. The number of H-pyrrole nitrogens is 1. The number of nitrogens with one attached hydrogen (secondary N) is 3. The van der Waals surface area contributed by atoms with Gasteiger partial charge in [-0.05, 0) is 30.7 Å². The van der Waals surface area contributed by atoms with Crippen LogP contribution in [0.15, 0.2) is 53.3 Å². The van der Waals surface area contributed by atoms with E-state index in [1.165, 1.54) is 6.07 Å². The molecule has 142 valence electrons. The zero-order valence-corrected chi connectivity index (χ0v) is 14.7. The number of aromatic hydroxyl groups is 1. The first-order valence-corrected chi connectivity index (χ1v) is 8.16. The van der Waals surface area contributed by atoms with Crippen LogP contribution in [-0.4, -0.2) is 32.2 Å². The van der Waals surface area contributed by atoms with Crippen molar-refractivity contribution in [3.8, 4) is 17.1 Å². The molecule has 5 N–H and O–H groups in total. The fourth-order valence-corrected chi connectivity index (χ4v) is 2.49. The number of carbonyl (C=O) groups is 2. The third kappa shape index (κ3) is 3.98. The number of hydrogen-bond donors (Lipinski definition) is 5. The van der Waals surface area contributed by atoms with Crippen LogP contribution in [0.3, 0.4) is 0 Å². The second-order valence-electron chi connectivity index (χ2n) is 5.89. The molecule has 0 atom stereocenters. The highest BCUT2D eigenvalue weighted by molar-refractivity contribution is 6.00. The van der Waals surface area contributed by atoms with Gasteiger partial charge in [0.2, 0.25) is 5.75 Å². The Hall–Kier alpha value is -4.14. The second-order valence-corrected chi connectivity index (χ2v) is 5.89. The minimum Gasteiger partial charge on any atom is -0.501 e. The number of aromatic carboxylic acids is 1. The third-order valence-electron chi connectivity index (χ3n) is 3.88. The monoisotopic (exact) mass is 380 g/mol. The molecule has 0 radical (unpaired) electrons. The van der Waals surface area contributed by atoms with Gasteiger partial charge in [0.25, 0.3) is 5.56 Å². The summed E-state index contributed by atoms with van der Waals surface area (Å²) in [6, 6.07) is 13.1. The van der Waals surface area contributed by atoms with Gasteiger partial charge in [-0.3, -0.25) is 4.79 Å². The number of carboxylic acid groups (broad SMARTS) is 1. The van der Waals surface area contributed by atoms with Crippen molar-refractivity contribution in [1.29, 1.82) is 0 Å². The van der Waals surface area contributed by atoms with Gasteiger partial charge in [-0.15, -0.1) is 0 Å². The molecule has 2 amide bonds. The van der Waals surface area contributed by atoms with E-state index in [2.05, 4.69) is 20.6 Å². The van der Waals surface area contributed by atoms with Crippen LogP contribution in [0, 0.1) is 6.92 Å². The standard InChI is InChI=1S/C19H16N4O5/c1-10-5-2-3-8-13(10)21-19(28)20-12-7-4-6-11(9-12)16-22-14(18(26)27)15(24)17(25)23-16/h2-9,24H,1H3,(H,26,27)(H2,20,21,28)(H,22,23,25). The van der Waals surface area contributed by atoms with Crippen LogP contribution < -0.4 is 16.2 Å². The molecule has 2 aromatic carbocycles. The molecule has 0 saturated carbocycles. The van der Waals surface area contributed by atoms with Crippen LogP contribution in [0.1, 0.15) is 16.1 Å². The molecule has 1 heterocycles. The van der Waals surface area contributed by atoms with Crippen LogP contribution in [0.2, 0.25) is 0 Å². The maximum Gasteiger partial charge on any atom is 0.358 e. The summed E-state index contributed by atoms with van der Waals surface area (Å²) < 4.78 is 0. The lowest BCUT2D eigenvalue weighted by molar-refractivity contribution is 0.0686. The van der Waals surface area contributed by atoms with Crippen molar-refractivity contribution in [2.24, 2.45) is 0 Å². The van der Waals surface area contributed by atoms with Gasteiger partial charge in [-0.2, -0.15) is 0 Å². The lowest BCUT2D eigenvalue weighted by Gasteiger charge is -2.11. The topological polar surface area (TPSA) is 144 Å². The number of amides is 2. The van der Waals surface area contributed by atoms with E-state index in [0.717, 1.165) is 5.56 Å². The maximum atomic E-state index is 12.2. The van der Waals surface area contributed by atoms with Crippen molar-refractivity contribution in [3.05, 3.63) is 70.1 Å². The molecule has 0 unspecified atom stereocenters. The molecule has 0 aliphatic carbocycles. The fraction of sp³-hybridized carbons (Fsp3) is 0.0526. The maximum absolute atomic E-state index is 12.2. The van der Waals surface area contributed by atoms with Crippen molar-refractivity contribution >= 4 is 23.4 Å². The average molecular weight is 380 g/mol. The summed E-state index contributed by atoms with van der Waals surface area (Å²) in [5, 5.41) is 24.0. The smallest absolute Gasteiger partial charge is 0.358 e. The number of carbonyl (C=O) groups excluding carboxylic acids is 1. The Kier molecular flexibility index (Phi) is 5.07. The van der Waals surface area contributed by atoms with Crippen LogP contribution in [0.25, 0.3) is 11.4 Å². The molecule has 9 heteroatoms. The van der Waals surface area contributed by atoms with Gasteiger partial charge in [-0.1, -0.05) is 30.3 Å². The first-order valence-electron chi connectivity index (χ1n) is 8.16. The SMILES string of the molecule is Cc1ccccc1NC(=O)Nc1cccc(-c2nc(C(=O)O)c(O)c(=O)[nH]2)c1. The summed E-state index contributed by atoms with van der Waals surface area (Å²) in [6.07, 6.45) is 0. The summed E-state index contributed by atoms with van der Waals surface area (Å²) in [5.41, 5.74) is 0.585. The minimum atomic E-state index is -1.53. The molecule has 1 aromatic heterocycles. The van der Waals surface area contributed by atoms with Crippen LogP contribution in [0.4, 0.5) is 16.2 Å². The van der Waals surface area contributed by atoms with Crippen LogP contribution >= 0.6 is 0 Å². The number of para-hydroxylation sites is 1. The summed E-state index contributed by atoms with van der Waals surface area (Å²) in [5.74, 6) is -2.55. The Morgan fingerprint density at radius 3 is 2.54 bits per heavy atom. The minimum absolute atomic E-state index is 0.0526. The number of aromatic amines is 1. The van der Waals surface area contributed by atoms with Crippen LogP contribution in [0.5, 0.6) is 5.75 Å². The molecule has 9 nitrogen and oxygen atoms in total. The van der Waals surface area contributed by atoms with E-state index < -0.39 is 29.0 Å². The second kappa shape index (κ2) is 7.62. The number of carboxylic acids is 1. The molecular weight excluding hydrogens is 364 g/mol. The van der Waals surface area contributed by atoms with Crippen molar-refractivity contribution in [3.63, 3.8) is 0 Å². The highest BCUT2D eigenvalue weighted by atomic mass is 16.4. The number of urea groups is 1. The van der Waals surface area contributed by atoms with Crippen molar-refractivity contribution in [1.82, 2.24) is 9.97 Å². The average Bonchev–Trinajstić information content (AvgIpc) is 2.65. The zero-order chi connectivity index (χ0) is 20.3. The number of benzene rings is 2. The molecular formula is C19H16N4O5. The first kappa shape index (κ1) is 18.6. The van der Waals surface area contributed by atoms with Gasteiger partial charge in [0.05, 0.1) is 0 Å².